The van der Waals surface area contributed by atoms with Crippen LogP contribution < -0.4 is 5.32 Å². The van der Waals surface area contributed by atoms with Gasteiger partial charge in [0.25, 0.3) is 0 Å². The highest BCUT2D eigenvalue weighted by Crippen LogP contribution is 2.18. The molecule has 0 amide bonds. The van der Waals surface area contributed by atoms with Crippen molar-refractivity contribution in [2.75, 3.05) is 12.4 Å². The van der Waals surface area contributed by atoms with E-state index in [0.29, 0.717) is 5.29 Å². The van der Waals surface area contributed by atoms with Gasteiger partial charge < -0.3 is 9.88 Å². The minimum absolute atomic E-state index is 0.407. The van der Waals surface area contributed by atoms with Gasteiger partial charge in [0.05, 0.1) is 0 Å². The monoisotopic (exact) mass is 199 g/mol. The molecule has 0 unspecified atom stereocenters. The lowest BCUT2D eigenvalue weighted by atomic mass is 10.3. The molecular formula is C9H14ClN3. The molecule has 1 aromatic heterocycles. The van der Waals surface area contributed by atoms with Gasteiger partial charge in [0, 0.05) is 19.8 Å². The highest BCUT2D eigenvalue weighted by molar-refractivity contribution is 6.67. The Bertz CT molecular complexity index is 339. The predicted octanol–water partition coefficient (Wildman–Crippen LogP) is 2.28. The van der Waals surface area contributed by atoms with Gasteiger partial charge in [-0.2, -0.15) is 0 Å². The van der Waals surface area contributed by atoms with Crippen LogP contribution in [0.5, 0.6) is 0 Å². The lowest BCUT2D eigenvalue weighted by Crippen LogP contribution is -2.09. The SMILES string of the molecule is CN=C(Cl)Nc1c(C)cc(C)n1C. The fourth-order valence-corrected chi connectivity index (χ4v) is 1.34. The third-order valence-electron chi connectivity index (χ3n) is 2.08. The minimum Gasteiger partial charge on any atom is -0.335 e. The van der Waals surface area contributed by atoms with Crippen molar-refractivity contribution >= 4 is 22.7 Å². The summed E-state index contributed by atoms with van der Waals surface area (Å²) in [7, 11) is 3.64. The highest BCUT2D eigenvalue weighted by atomic mass is 35.5. The molecule has 3 nitrogen and oxygen atoms in total. The van der Waals surface area contributed by atoms with Gasteiger partial charge in [-0.15, -0.1) is 0 Å². The number of aromatic nitrogens is 1. The Kier molecular flexibility index (Phi) is 2.98. The van der Waals surface area contributed by atoms with Crippen LogP contribution in [0.4, 0.5) is 5.82 Å². The number of aliphatic imine (C=N–C) groups is 1. The van der Waals surface area contributed by atoms with E-state index in [1.165, 1.54) is 11.3 Å². The third-order valence-corrected chi connectivity index (χ3v) is 2.34. The maximum Gasteiger partial charge on any atom is 0.196 e. The Balaban J connectivity index is 3.00. The number of nitrogens with one attached hydrogen (secondary N) is 1. The summed E-state index contributed by atoms with van der Waals surface area (Å²) in [6, 6.07) is 2.10. The molecule has 1 N–H and O–H groups in total. The lowest BCUT2D eigenvalue weighted by molar-refractivity contribution is 0.891. The molecule has 0 spiro atoms. The number of nitrogens with zero attached hydrogens (tertiary/aromatic N) is 2. The lowest BCUT2D eigenvalue weighted by Gasteiger charge is -2.07. The Labute approximate surface area is 83.4 Å². The average molecular weight is 200 g/mol. The fourth-order valence-electron chi connectivity index (χ4n) is 1.26. The standard InChI is InChI=1S/C9H14ClN3/c1-6-5-7(2)13(4)8(6)12-9(10)11-3/h5H,1-4H3,(H,11,12). The fraction of sp³-hybridized carbons (Fsp3) is 0.444. The van der Waals surface area contributed by atoms with Gasteiger partial charge in [-0.05, 0) is 37.1 Å². The molecule has 0 bridgehead atoms. The van der Waals surface area contributed by atoms with E-state index in [9.17, 15) is 0 Å². The van der Waals surface area contributed by atoms with E-state index in [2.05, 4.69) is 23.3 Å². The zero-order valence-electron chi connectivity index (χ0n) is 8.35. The molecule has 0 aliphatic carbocycles. The maximum absolute atomic E-state index is 5.78. The van der Waals surface area contributed by atoms with Crippen molar-refractivity contribution in [2.24, 2.45) is 12.0 Å². The van der Waals surface area contributed by atoms with E-state index in [4.69, 9.17) is 11.6 Å². The van der Waals surface area contributed by atoms with Crippen LogP contribution in [0, 0.1) is 13.8 Å². The second-order valence-corrected chi connectivity index (χ2v) is 3.37. The zero-order valence-corrected chi connectivity index (χ0v) is 9.11. The summed E-state index contributed by atoms with van der Waals surface area (Å²) in [4.78, 5) is 3.83. The molecule has 72 valence electrons. The molecule has 0 saturated heterocycles. The molecule has 1 rings (SSSR count). The van der Waals surface area contributed by atoms with Crippen LogP contribution in [0.1, 0.15) is 11.3 Å². The highest BCUT2D eigenvalue weighted by Gasteiger charge is 2.06. The maximum atomic E-state index is 5.78. The molecule has 0 fully saturated rings. The number of hydrogen-bond donors (Lipinski definition) is 1. The summed E-state index contributed by atoms with van der Waals surface area (Å²) in [5, 5.41) is 3.43. The van der Waals surface area contributed by atoms with Crippen LogP contribution in [0.15, 0.2) is 11.1 Å². The summed E-state index contributed by atoms with van der Waals surface area (Å²) in [6.45, 7) is 4.09. The van der Waals surface area contributed by atoms with Crippen LogP contribution in [-0.4, -0.2) is 16.9 Å². The first-order valence-electron chi connectivity index (χ1n) is 4.08. The van der Waals surface area contributed by atoms with Crippen molar-refractivity contribution in [1.29, 1.82) is 0 Å². The third kappa shape index (κ3) is 2.04. The van der Waals surface area contributed by atoms with Crippen molar-refractivity contribution < 1.29 is 0 Å². The van der Waals surface area contributed by atoms with Crippen molar-refractivity contribution in [3.8, 4) is 0 Å². The van der Waals surface area contributed by atoms with E-state index < -0.39 is 0 Å². The van der Waals surface area contributed by atoms with Crippen molar-refractivity contribution in [1.82, 2.24) is 4.57 Å². The van der Waals surface area contributed by atoms with E-state index in [1.54, 1.807) is 7.05 Å². The van der Waals surface area contributed by atoms with Gasteiger partial charge in [-0.25, -0.2) is 0 Å². The van der Waals surface area contributed by atoms with E-state index in [-0.39, 0.29) is 0 Å². The zero-order chi connectivity index (χ0) is 10.0. The van der Waals surface area contributed by atoms with Gasteiger partial charge >= 0.3 is 0 Å². The average Bonchev–Trinajstić information content (AvgIpc) is 2.32. The molecule has 0 saturated carbocycles. The predicted molar refractivity (Wildman–Crippen MR) is 57.7 cm³/mol. The van der Waals surface area contributed by atoms with Gasteiger partial charge in [0.1, 0.15) is 5.82 Å². The largest absolute Gasteiger partial charge is 0.335 e. The second-order valence-electron chi connectivity index (χ2n) is 3.02. The Morgan fingerprint density at radius 3 is 2.54 bits per heavy atom. The summed E-state index contributed by atoms with van der Waals surface area (Å²) in [5.74, 6) is 0.994. The number of hydrogen-bond acceptors (Lipinski definition) is 1. The normalized spacial score (nSPS) is 11.9. The van der Waals surface area contributed by atoms with Crippen molar-refractivity contribution in [3.05, 3.63) is 17.3 Å². The van der Waals surface area contributed by atoms with Crippen molar-refractivity contribution in [3.63, 3.8) is 0 Å². The van der Waals surface area contributed by atoms with Gasteiger partial charge in [0.2, 0.25) is 0 Å². The van der Waals surface area contributed by atoms with Crippen molar-refractivity contribution in [2.45, 2.75) is 13.8 Å². The first-order valence-corrected chi connectivity index (χ1v) is 4.46. The summed E-state index contributed by atoms with van der Waals surface area (Å²) in [6.07, 6.45) is 0. The molecule has 1 heterocycles. The Morgan fingerprint density at radius 1 is 1.54 bits per heavy atom. The number of rotatable bonds is 1. The smallest absolute Gasteiger partial charge is 0.196 e. The molecule has 4 heteroatoms. The van der Waals surface area contributed by atoms with Crippen LogP contribution in [0.25, 0.3) is 0 Å². The van der Waals surface area contributed by atoms with E-state index >= 15 is 0 Å². The summed E-state index contributed by atoms with van der Waals surface area (Å²) >= 11 is 5.78. The molecule has 0 atom stereocenters. The molecule has 0 aliphatic rings. The number of amidine groups is 1. The first-order chi connectivity index (χ1) is 6.06. The number of halogens is 1. The molecular weight excluding hydrogens is 186 g/mol. The number of anilines is 1. The Morgan fingerprint density at radius 2 is 2.15 bits per heavy atom. The molecule has 1 aromatic rings. The quantitative estimate of drug-likeness (QED) is 0.420. The van der Waals surface area contributed by atoms with Gasteiger partial charge in [-0.1, -0.05) is 0 Å². The van der Waals surface area contributed by atoms with Gasteiger partial charge in [0.15, 0.2) is 5.29 Å². The molecule has 13 heavy (non-hydrogen) atoms. The summed E-state index contributed by atoms with van der Waals surface area (Å²) in [5.41, 5.74) is 2.36. The Hall–Kier alpha value is -0.960. The van der Waals surface area contributed by atoms with Crippen LogP contribution >= 0.6 is 11.6 Å². The second kappa shape index (κ2) is 3.83. The number of aryl methyl sites for hydroxylation is 2. The molecule has 0 aromatic carbocycles. The first kappa shape index (κ1) is 10.1. The minimum atomic E-state index is 0.407. The van der Waals surface area contributed by atoms with E-state index in [1.807, 2.05) is 18.5 Å². The van der Waals surface area contributed by atoms with Crippen LogP contribution in [0.2, 0.25) is 0 Å². The van der Waals surface area contributed by atoms with Crippen LogP contribution in [0.3, 0.4) is 0 Å². The van der Waals surface area contributed by atoms with Crippen LogP contribution in [-0.2, 0) is 7.05 Å². The van der Waals surface area contributed by atoms with Gasteiger partial charge in [-0.3, -0.25) is 4.99 Å². The molecule has 0 radical (unpaired) electrons. The summed E-state index contributed by atoms with van der Waals surface area (Å²) < 4.78 is 2.04. The van der Waals surface area contributed by atoms with E-state index in [0.717, 1.165) is 5.82 Å². The topological polar surface area (TPSA) is 29.3 Å². The molecule has 0 aliphatic heterocycles.